The highest BCUT2D eigenvalue weighted by molar-refractivity contribution is 6.07. The Morgan fingerprint density at radius 1 is 1.12 bits per heavy atom. The van der Waals surface area contributed by atoms with Gasteiger partial charge in [0.1, 0.15) is 17.4 Å². The maximum absolute atomic E-state index is 13.7. The molecule has 0 spiro atoms. The number of anilines is 1. The van der Waals surface area contributed by atoms with Crippen molar-refractivity contribution >= 4 is 23.7 Å². The van der Waals surface area contributed by atoms with E-state index in [9.17, 15) is 23.9 Å². The second kappa shape index (κ2) is 11.7. The number of nitrogens with one attached hydrogen (secondary N) is 1. The van der Waals surface area contributed by atoms with Crippen LogP contribution in [0.2, 0.25) is 0 Å². The van der Waals surface area contributed by atoms with Gasteiger partial charge in [-0.25, -0.2) is 23.9 Å². The Morgan fingerprint density at radius 2 is 1.93 bits per heavy atom. The largest absolute Gasteiger partial charge is 0.497 e. The number of nitrogens with zero attached hydrogens (tertiary/aromatic N) is 3. The number of amides is 3. The quantitative estimate of drug-likeness (QED) is 0.405. The van der Waals surface area contributed by atoms with Gasteiger partial charge in [0, 0.05) is 31.7 Å². The Labute approximate surface area is 231 Å². The van der Waals surface area contributed by atoms with Gasteiger partial charge < -0.3 is 20.1 Å². The number of rotatable bonds is 8. The van der Waals surface area contributed by atoms with Crippen LogP contribution < -0.4 is 10.1 Å². The molecule has 3 heterocycles. The molecule has 0 bridgehead atoms. The van der Waals surface area contributed by atoms with Gasteiger partial charge in [0.15, 0.2) is 6.04 Å². The minimum atomic E-state index is -1.25. The van der Waals surface area contributed by atoms with Gasteiger partial charge in [-0.05, 0) is 72.4 Å². The van der Waals surface area contributed by atoms with Crippen molar-refractivity contribution in [1.29, 1.82) is 0 Å². The number of hydrogen-bond donors (Lipinski definition) is 2. The van der Waals surface area contributed by atoms with Gasteiger partial charge in [0.05, 0.1) is 13.0 Å². The Kier molecular flexibility index (Phi) is 7.95. The van der Waals surface area contributed by atoms with E-state index in [0.717, 1.165) is 33.8 Å². The van der Waals surface area contributed by atoms with E-state index < -0.39 is 29.9 Å². The number of halogens is 1. The van der Waals surface area contributed by atoms with E-state index in [4.69, 9.17) is 4.74 Å². The fourth-order valence-electron chi connectivity index (χ4n) is 5.47. The number of carbonyl (C=O) groups excluding carboxylic acids is 2. The number of carbonyl (C=O) groups is 3. The number of piperidine rings is 1. The molecule has 1 unspecified atom stereocenters. The zero-order valence-corrected chi connectivity index (χ0v) is 22.1. The van der Waals surface area contributed by atoms with Gasteiger partial charge in [-0.1, -0.05) is 24.3 Å². The lowest BCUT2D eigenvalue weighted by Gasteiger charge is -2.46. The number of aliphatic carboxylic acids is 1. The number of β-lactam (4-membered cyclic amide) rings is 1. The monoisotopic (exact) mass is 546 g/mol. The van der Waals surface area contributed by atoms with Crippen LogP contribution >= 0.6 is 0 Å². The lowest BCUT2D eigenvalue weighted by Crippen LogP contribution is -2.69. The molecular weight excluding hydrogens is 515 g/mol. The van der Waals surface area contributed by atoms with E-state index >= 15 is 0 Å². The van der Waals surface area contributed by atoms with Crippen molar-refractivity contribution in [2.24, 2.45) is 5.92 Å². The summed E-state index contributed by atoms with van der Waals surface area (Å²) in [7, 11) is 1.61. The Bertz CT molecular complexity index is 1400. The summed E-state index contributed by atoms with van der Waals surface area (Å²) in [6.07, 6.45) is 3.24. The van der Waals surface area contributed by atoms with Crippen molar-refractivity contribution in [3.63, 3.8) is 0 Å². The first-order valence-corrected chi connectivity index (χ1v) is 13.3. The maximum Gasteiger partial charge on any atom is 0.327 e. The number of carboxylic acid groups (broad SMARTS) is 1. The number of pyridine rings is 1. The molecule has 3 aromatic rings. The highest BCUT2D eigenvalue weighted by atomic mass is 19.1. The summed E-state index contributed by atoms with van der Waals surface area (Å²) in [5, 5.41) is 13.2. The molecule has 40 heavy (non-hydrogen) atoms. The molecule has 2 aromatic carbocycles. The summed E-state index contributed by atoms with van der Waals surface area (Å²) in [5.41, 5.74) is 2.56. The van der Waals surface area contributed by atoms with Gasteiger partial charge in [0.2, 0.25) is 5.91 Å². The van der Waals surface area contributed by atoms with Gasteiger partial charge in [0.25, 0.3) is 0 Å². The summed E-state index contributed by atoms with van der Waals surface area (Å²) in [6.45, 7) is 1.24. The number of methoxy groups -OCH3 is 1. The van der Waals surface area contributed by atoms with Crippen LogP contribution in [0.5, 0.6) is 5.75 Å². The van der Waals surface area contributed by atoms with Crippen LogP contribution in [0, 0.1) is 11.7 Å². The Hall–Kier alpha value is -4.47. The summed E-state index contributed by atoms with van der Waals surface area (Å²) >= 11 is 0. The summed E-state index contributed by atoms with van der Waals surface area (Å²) in [4.78, 5) is 45.3. The molecule has 0 saturated carbocycles. The van der Waals surface area contributed by atoms with E-state index in [2.05, 4.69) is 10.3 Å². The highest BCUT2D eigenvalue weighted by Crippen LogP contribution is 2.34. The number of benzene rings is 2. The average Bonchev–Trinajstić information content (AvgIpc) is 2.97. The third-order valence-corrected chi connectivity index (χ3v) is 7.60. The Balaban J connectivity index is 1.23. The van der Waals surface area contributed by atoms with E-state index in [0.29, 0.717) is 31.9 Å². The number of ether oxygens (including phenoxy) is 1. The lowest BCUT2D eigenvalue weighted by atomic mass is 9.82. The van der Waals surface area contributed by atoms with E-state index in [-0.39, 0.29) is 18.2 Å². The fraction of sp³-hybridized carbons (Fsp3) is 0.333. The molecule has 10 heteroatoms. The smallest absolute Gasteiger partial charge is 0.327 e. The maximum atomic E-state index is 13.7. The predicted octanol–water partition coefficient (Wildman–Crippen LogP) is 4.30. The van der Waals surface area contributed by atoms with Crippen LogP contribution in [0.1, 0.15) is 35.4 Å². The zero-order chi connectivity index (χ0) is 28.2. The molecule has 2 N–H and O–H groups in total. The number of hydrogen-bond acceptors (Lipinski definition) is 6. The molecule has 5 rings (SSSR count). The fourth-order valence-corrected chi connectivity index (χ4v) is 5.47. The van der Waals surface area contributed by atoms with E-state index in [1.807, 2.05) is 30.3 Å². The molecular formula is C30H31FN4O5. The summed E-state index contributed by atoms with van der Waals surface area (Å²) in [6, 6.07) is 15.6. The summed E-state index contributed by atoms with van der Waals surface area (Å²) < 4.78 is 18.9. The summed E-state index contributed by atoms with van der Waals surface area (Å²) in [5.74, 6) is -1.65. The van der Waals surface area contributed by atoms with Gasteiger partial charge in [-0.3, -0.25) is 4.79 Å². The zero-order valence-electron chi connectivity index (χ0n) is 22.1. The van der Waals surface area contributed by atoms with Crippen molar-refractivity contribution in [1.82, 2.24) is 14.8 Å². The number of imide groups is 1. The van der Waals surface area contributed by atoms with Crippen molar-refractivity contribution in [3.8, 4) is 5.75 Å². The molecule has 2 aliphatic rings. The highest BCUT2D eigenvalue weighted by Gasteiger charge is 2.55. The van der Waals surface area contributed by atoms with Gasteiger partial charge in [-0.2, -0.15) is 0 Å². The number of urea groups is 1. The average molecular weight is 547 g/mol. The van der Waals surface area contributed by atoms with Gasteiger partial charge >= 0.3 is 12.0 Å². The van der Waals surface area contributed by atoms with Crippen LogP contribution in [0.25, 0.3) is 0 Å². The first kappa shape index (κ1) is 27.1. The molecule has 208 valence electrons. The molecule has 3 amide bonds. The number of likely N-dealkylation sites (tertiary alicyclic amines) is 2. The van der Waals surface area contributed by atoms with Crippen molar-refractivity contribution in [2.45, 2.75) is 37.8 Å². The van der Waals surface area contributed by atoms with Crippen LogP contribution in [0.15, 0.2) is 66.9 Å². The van der Waals surface area contributed by atoms with Gasteiger partial charge in [-0.15, -0.1) is 0 Å². The van der Waals surface area contributed by atoms with Crippen LogP contribution in [0.4, 0.5) is 15.0 Å². The second-order valence-corrected chi connectivity index (χ2v) is 10.2. The lowest BCUT2D eigenvalue weighted by molar-refractivity contribution is -0.166. The van der Waals surface area contributed by atoms with Crippen LogP contribution in [-0.4, -0.2) is 64.0 Å². The topological polar surface area (TPSA) is 112 Å². The minimum Gasteiger partial charge on any atom is -0.497 e. The first-order chi connectivity index (χ1) is 19.3. The molecule has 2 saturated heterocycles. The second-order valence-electron chi connectivity index (χ2n) is 10.2. The van der Waals surface area contributed by atoms with Crippen molar-refractivity contribution in [3.05, 3.63) is 89.4 Å². The van der Waals surface area contributed by atoms with Crippen LogP contribution in [0.3, 0.4) is 0 Å². The molecule has 0 aliphatic carbocycles. The molecule has 1 aromatic heterocycles. The first-order valence-electron chi connectivity index (χ1n) is 13.3. The third kappa shape index (κ3) is 5.75. The van der Waals surface area contributed by atoms with Crippen molar-refractivity contribution in [2.75, 3.05) is 25.5 Å². The Morgan fingerprint density at radius 3 is 2.65 bits per heavy atom. The predicted molar refractivity (Wildman–Crippen MR) is 145 cm³/mol. The van der Waals surface area contributed by atoms with E-state index in [1.165, 1.54) is 17.0 Å². The van der Waals surface area contributed by atoms with Crippen molar-refractivity contribution < 1.29 is 28.6 Å². The minimum absolute atomic E-state index is 0.0792. The third-order valence-electron chi connectivity index (χ3n) is 7.60. The standard InChI is InChI=1S/C30H31FN4O5/c1-40-24-9-7-19(8-10-24)17-33-26-15-20(11-12-32-26)14-25-27(29(37)38)35(28(25)36)30(39)34-13-3-5-22(18-34)21-4-2-6-23(31)16-21/h2,4,6-12,15-16,22,25,27H,3,5,13-14,17-18H2,1H3,(H,32,33)(H,37,38)/t22?,25-,27+/m1/s1. The number of carboxylic acids is 1. The molecule has 9 nitrogen and oxygen atoms in total. The molecule has 2 aliphatic heterocycles. The molecule has 0 radical (unpaired) electrons. The van der Waals surface area contributed by atoms with Crippen LogP contribution in [-0.2, 0) is 22.6 Å². The van der Waals surface area contributed by atoms with E-state index in [1.54, 1.807) is 31.5 Å². The number of aromatic nitrogens is 1. The molecule has 2 fully saturated rings. The SMILES string of the molecule is COc1ccc(CNc2cc(C[C@H]3C(=O)N(C(=O)N4CCCC(c5cccc(F)c5)C4)[C@@H]3C(=O)O)ccn2)cc1. The molecule has 3 atom stereocenters. The normalized spacial score (nSPS) is 20.6.